The molecule has 38 heavy (non-hydrogen) atoms. The molecule has 3 heterocycles. The second-order valence-corrected chi connectivity index (χ2v) is 9.02. The van der Waals surface area contributed by atoms with Crippen molar-refractivity contribution in [3.05, 3.63) is 99.1 Å². The Morgan fingerprint density at radius 2 is 1.87 bits per heavy atom. The van der Waals surface area contributed by atoms with E-state index in [-0.39, 0.29) is 18.4 Å². The summed E-state index contributed by atoms with van der Waals surface area (Å²) in [6, 6.07) is 13.6. The van der Waals surface area contributed by atoms with Crippen molar-refractivity contribution in [2.45, 2.75) is 32.1 Å². The lowest BCUT2D eigenvalue weighted by molar-refractivity contribution is -0.137. The largest absolute Gasteiger partial charge is 0.416 e. The number of carbonyl (C=O) groups excluding carboxylic acids is 1. The fourth-order valence-corrected chi connectivity index (χ4v) is 4.50. The van der Waals surface area contributed by atoms with Crippen molar-refractivity contribution in [1.82, 2.24) is 19.6 Å². The number of rotatable bonds is 5. The summed E-state index contributed by atoms with van der Waals surface area (Å²) in [5.74, 6) is -0.113. The molecule has 0 unspecified atom stereocenters. The summed E-state index contributed by atoms with van der Waals surface area (Å²) in [5, 5.41) is 3.90. The van der Waals surface area contributed by atoms with Crippen molar-refractivity contribution in [1.29, 1.82) is 0 Å². The van der Waals surface area contributed by atoms with Crippen LogP contribution >= 0.6 is 0 Å². The summed E-state index contributed by atoms with van der Waals surface area (Å²) >= 11 is 0. The number of benzene rings is 2. The molecule has 196 valence electrons. The SMILES string of the molecule is COn1c(N[C@@H](C)c2ccc(C(F)(F)F)cc2)nc2c(c1=O)CN(C(=O)c1cnc3ccccc3c1)CC2. The van der Waals surface area contributed by atoms with E-state index in [0.29, 0.717) is 35.3 Å². The van der Waals surface area contributed by atoms with Crippen LogP contribution in [0.3, 0.4) is 0 Å². The molecule has 0 bridgehead atoms. The Kier molecular flexibility index (Phi) is 6.52. The first kappa shape index (κ1) is 25.2. The van der Waals surface area contributed by atoms with Crippen molar-refractivity contribution in [3.8, 4) is 0 Å². The highest BCUT2D eigenvalue weighted by molar-refractivity contribution is 5.97. The standard InChI is InChI=1S/C27H24F3N5O3/c1-16(17-7-9-20(10-8-17)27(28,29)30)32-26-33-23-11-12-34(15-21(23)25(37)35(26)38-2)24(36)19-13-18-5-3-4-6-22(18)31-14-19/h3-10,13-14,16H,11-12,15H2,1-2H3,(H,32,33)/t16-/m0/s1. The van der Waals surface area contributed by atoms with Crippen molar-refractivity contribution >= 4 is 22.8 Å². The van der Waals surface area contributed by atoms with E-state index in [1.807, 2.05) is 24.3 Å². The fourth-order valence-electron chi connectivity index (χ4n) is 4.50. The lowest BCUT2D eigenvalue weighted by Gasteiger charge is -2.29. The third-order valence-corrected chi connectivity index (χ3v) is 6.58. The number of pyridine rings is 1. The Labute approximate surface area is 215 Å². The molecule has 0 fully saturated rings. The van der Waals surface area contributed by atoms with E-state index >= 15 is 0 Å². The summed E-state index contributed by atoms with van der Waals surface area (Å²) in [4.78, 5) is 42.3. The van der Waals surface area contributed by atoms with Crippen molar-refractivity contribution in [3.63, 3.8) is 0 Å². The zero-order valence-electron chi connectivity index (χ0n) is 20.6. The number of anilines is 1. The number of nitrogens with one attached hydrogen (secondary N) is 1. The molecule has 1 N–H and O–H groups in total. The summed E-state index contributed by atoms with van der Waals surface area (Å²) < 4.78 is 39.7. The van der Waals surface area contributed by atoms with E-state index in [4.69, 9.17) is 4.84 Å². The van der Waals surface area contributed by atoms with Crippen LogP contribution in [0.2, 0.25) is 0 Å². The normalized spacial score (nSPS) is 14.2. The van der Waals surface area contributed by atoms with Gasteiger partial charge in [-0.15, -0.1) is 4.73 Å². The Morgan fingerprint density at radius 1 is 1.13 bits per heavy atom. The number of hydrogen-bond donors (Lipinski definition) is 1. The van der Waals surface area contributed by atoms with Crippen LogP contribution in [0, 0.1) is 0 Å². The number of fused-ring (bicyclic) bond motifs is 2. The lowest BCUT2D eigenvalue weighted by Crippen LogP contribution is -2.42. The van der Waals surface area contributed by atoms with Crippen LogP contribution in [0.25, 0.3) is 10.9 Å². The van der Waals surface area contributed by atoms with Crippen molar-refractivity contribution < 1.29 is 22.8 Å². The van der Waals surface area contributed by atoms with Gasteiger partial charge in [-0.25, -0.2) is 4.98 Å². The van der Waals surface area contributed by atoms with Gasteiger partial charge in [0.15, 0.2) is 0 Å². The van der Waals surface area contributed by atoms with E-state index in [1.165, 1.54) is 25.4 Å². The minimum absolute atomic E-state index is 0.0604. The quantitative estimate of drug-likeness (QED) is 0.421. The lowest BCUT2D eigenvalue weighted by atomic mass is 10.0. The van der Waals surface area contributed by atoms with E-state index in [0.717, 1.165) is 27.8 Å². The number of alkyl halides is 3. The van der Waals surface area contributed by atoms with Crippen LogP contribution in [0.15, 0.2) is 65.6 Å². The molecule has 1 amide bonds. The molecule has 5 rings (SSSR count). The molecule has 0 spiro atoms. The predicted molar refractivity (Wildman–Crippen MR) is 135 cm³/mol. The molecule has 4 aromatic rings. The van der Waals surface area contributed by atoms with Gasteiger partial charge in [-0.05, 0) is 36.8 Å². The second kappa shape index (κ2) is 9.81. The third kappa shape index (κ3) is 4.79. The van der Waals surface area contributed by atoms with Gasteiger partial charge in [0.2, 0.25) is 5.95 Å². The van der Waals surface area contributed by atoms with Crippen molar-refractivity contribution in [2.24, 2.45) is 0 Å². The second-order valence-electron chi connectivity index (χ2n) is 9.02. The van der Waals surface area contributed by atoms with Gasteiger partial charge in [0.05, 0.1) is 40.5 Å². The van der Waals surface area contributed by atoms with Gasteiger partial charge >= 0.3 is 6.18 Å². The van der Waals surface area contributed by atoms with Gasteiger partial charge in [0.25, 0.3) is 11.5 Å². The Hall–Kier alpha value is -4.41. The number of halogens is 3. The minimum Gasteiger partial charge on any atom is -0.411 e. The van der Waals surface area contributed by atoms with E-state index in [9.17, 15) is 22.8 Å². The van der Waals surface area contributed by atoms with E-state index in [2.05, 4.69) is 15.3 Å². The molecule has 2 aromatic carbocycles. The van der Waals surface area contributed by atoms with Gasteiger partial charge in [-0.2, -0.15) is 13.2 Å². The number of para-hydroxylation sites is 1. The molecular formula is C27H24F3N5O3. The first-order valence-electron chi connectivity index (χ1n) is 11.9. The number of carbonyl (C=O) groups is 1. The Bertz CT molecular complexity index is 1570. The van der Waals surface area contributed by atoms with Crippen LogP contribution in [-0.2, 0) is 19.1 Å². The average Bonchev–Trinajstić information content (AvgIpc) is 2.92. The van der Waals surface area contributed by atoms with Gasteiger partial charge in [0, 0.05) is 24.5 Å². The molecule has 2 aromatic heterocycles. The van der Waals surface area contributed by atoms with Gasteiger partial charge < -0.3 is 15.1 Å². The van der Waals surface area contributed by atoms with Gasteiger partial charge in [-0.3, -0.25) is 14.6 Å². The molecule has 8 nitrogen and oxygen atoms in total. The van der Waals surface area contributed by atoms with Crippen LogP contribution in [0.1, 0.15) is 45.7 Å². The predicted octanol–water partition coefficient (Wildman–Crippen LogP) is 4.24. The number of nitrogens with zero attached hydrogens (tertiary/aromatic N) is 4. The van der Waals surface area contributed by atoms with Gasteiger partial charge in [0.1, 0.15) is 7.11 Å². The first-order chi connectivity index (χ1) is 18.2. The summed E-state index contributed by atoms with van der Waals surface area (Å²) in [6.45, 7) is 2.16. The molecule has 1 atom stereocenters. The Morgan fingerprint density at radius 3 is 2.58 bits per heavy atom. The average molecular weight is 524 g/mol. The molecule has 1 aliphatic heterocycles. The maximum atomic E-state index is 13.3. The molecule has 0 saturated heterocycles. The monoisotopic (exact) mass is 523 g/mol. The number of aromatic nitrogens is 3. The third-order valence-electron chi connectivity index (χ3n) is 6.58. The molecule has 1 aliphatic rings. The summed E-state index contributed by atoms with van der Waals surface area (Å²) in [5.41, 5.74) is 1.45. The maximum Gasteiger partial charge on any atom is 0.416 e. The highest BCUT2D eigenvalue weighted by Gasteiger charge is 2.31. The zero-order valence-corrected chi connectivity index (χ0v) is 20.6. The molecular weight excluding hydrogens is 499 g/mol. The first-order valence-corrected chi connectivity index (χ1v) is 11.9. The van der Waals surface area contributed by atoms with Gasteiger partial charge in [-0.1, -0.05) is 30.3 Å². The highest BCUT2D eigenvalue weighted by Crippen LogP contribution is 2.30. The molecule has 0 radical (unpaired) electrons. The molecule has 0 saturated carbocycles. The Balaban J connectivity index is 1.38. The maximum absolute atomic E-state index is 13.3. The fraction of sp³-hybridized carbons (Fsp3) is 0.259. The summed E-state index contributed by atoms with van der Waals surface area (Å²) in [7, 11) is 1.32. The van der Waals surface area contributed by atoms with E-state index in [1.54, 1.807) is 17.9 Å². The van der Waals surface area contributed by atoms with Crippen LogP contribution in [0.4, 0.5) is 19.1 Å². The topological polar surface area (TPSA) is 89.4 Å². The van der Waals surface area contributed by atoms with Crippen LogP contribution in [0.5, 0.6) is 0 Å². The highest BCUT2D eigenvalue weighted by atomic mass is 19.4. The molecule has 11 heteroatoms. The summed E-state index contributed by atoms with van der Waals surface area (Å²) in [6.07, 6.45) is -2.54. The smallest absolute Gasteiger partial charge is 0.411 e. The minimum atomic E-state index is -4.42. The number of amides is 1. The van der Waals surface area contributed by atoms with Crippen LogP contribution in [-0.4, -0.2) is 39.2 Å². The van der Waals surface area contributed by atoms with Crippen LogP contribution < -0.4 is 15.7 Å². The van der Waals surface area contributed by atoms with Crippen molar-refractivity contribution in [2.75, 3.05) is 19.0 Å². The molecule has 0 aliphatic carbocycles. The van der Waals surface area contributed by atoms with E-state index < -0.39 is 23.3 Å². The number of hydrogen-bond acceptors (Lipinski definition) is 6. The zero-order chi connectivity index (χ0) is 27.0.